The predicted octanol–water partition coefficient (Wildman–Crippen LogP) is -1.91. The van der Waals surface area contributed by atoms with Gasteiger partial charge in [-0.05, 0) is 24.6 Å². The van der Waals surface area contributed by atoms with Gasteiger partial charge in [-0.25, -0.2) is 9.59 Å². The van der Waals surface area contributed by atoms with Gasteiger partial charge in [-0.1, -0.05) is 0 Å². The molecule has 0 aliphatic rings. The molecular formula is C9H10NNaO4. The Morgan fingerprint density at radius 2 is 1.60 bits per heavy atom. The number of nitrogen functional groups attached to an aromatic ring is 1. The molecule has 0 saturated heterocycles. The van der Waals surface area contributed by atoms with Crippen LogP contribution in [0.5, 0.6) is 0 Å². The van der Waals surface area contributed by atoms with Crippen molar-refractivity contribution in [2.75, 3.05) is 5.73 Å². The zero-order valence-electron chi connectivity index (χ0n) is 9.44. The first-order valence-electron chi connectivity index (χ1n) is 3.80. The number of hydrogen-bond donors (Lipinski definition) is 3. The van der Waals surface area contributed by atoms with Crippen LogP contribution in [0.15, 0.2) is 12.1 Å². The van der Waals surface area contributed by atoms with Gasteiger partial charge in [-0.15, -0.1) is 0 Å². The van der Waals surface area contributed by atoms with Crippen LogP contribution in [-0.2, 0) is 0 Å². The normalized spacial score (nSPS) is 9.13. The van der Waals surface area contributed by atoms with E-state index in [0.29, 0.717) is 5.56 Å². The van der Waals surface area contributed by atoms with Gasteiger partial charge in [-0.3, -0.25) is 0 Å². The molecule has 1 aromatic carbocycles. The van der Waals surface area contributed by atoms with Gasteiger partial charge in [0, 0.05) is 5.69 Å². The van der Waals surface area contributed by atoms with E-state index in [1.165, 1.54) is 6.07 Å². The Hall–Kier alpha value is -1.04. The molecule has 6 heteroatoms. The van der Waals surface area contributed by atoms with E-state index in [1.54, 1.807) is 6.92 Å². The monoisotopic (exact) mass is 219 g/mol. The quantitative estimate of drug-likeness (QED) is 0.398. The summed E-state index contributed by atoms with van der Waals surface area (Å²) in [5.41, 5.74) is 5.75. The summed E-state index contributed by atoms with van der Waals surface area (Å²) < 4.78 is 0. The summed E-state index contributed by atoms with van der Waals surface area (Å²) in [7, 11) is 0. The van der Waals surface area contributed by atoms with Gasteiger partial charge in [0.05, 0.1) is 11.1 Å². The van der Waals surface area contributed by atoms with Crippen molar-refractivity contribution < 1.29 is 50.8 Å². The molecule has 0 unspecified atom stereocenters. The van der Waals surface area contributed by atoms with Crippen molar-refractivity contribution in [1.29, 1.82) is 0 Å². The van der Waals surface area contributed by atoms with E-state index in [-0.39, 0.29) is 47.8 Å². The zero-order valence-corrected chi connectivity index (χ0v) is 10.4. The minimum atomic E-state index is -1.30. The fourth-order valence-electron chi connectivity index (χ4n) is 1.08. The summed E-state index contributed by atoms with van der Waals surface area (Å²) in [5.74, 6) is -2.57. The molecule has 15 heavy (non-hydrogen) atoms. The third-order valence-corrected chi connectivity index (χ3v) is 1.87. The number of carboxylic acids is 2. The van der Waals surface area contributed by atoms with Gasteiger partial charge in [0.1, 0.15) is 0 Å². The van der Waals surface area contributed by atoms with Crippen LogP contribution in [0.3, 0.4) is 0 Å². The molecule has 0 aliphatic heterocycles. The summed E-state index contributed by atoms with van der Waals surface area (Å²) >= 11 is 0. The number of benzene rings is 1. The number of carboxylic acid groups (broad SMARTS) is 2. The van der Waals surface area contributed by atoms with Crippen molar-refractivity contribution in [2.24, 2.45) is 0 Å². The second-order valence-corrected chi connectivity index (χ2v) is 2.86. The van der Waals surface area contributed by atoms with E-state index < -0.39 is 11.9 Å². The maximum Gasteiger partial charge on any atom is 1.00 e. The third-order valence-electron chi connectivity index (χ3n) is 1.87. The van der Waals surface area contributed by atoms with Crippen LogP contribution in [0, 0.1) is 6.92 Å². The first-order valence-corrected chi connectivity index (χ1v) is 3.80. The summed E-state index contributed by atoms with van der Waals surface area (Å²) in [6.07, 6.45) is 0. The fourth-order valence-corrected chi connectivity index (χ4v) is 1.08. The van der Waals surface area contributed by atoms with E-state index in [0.717, 1.165) is 6.07 Å². The van der Waals surface area contributed by atoms with Gasteiger partial charge in [0.25, 0.3) is 0 Å². The molecule has 1 aromatic rings. The standard InChI is InChI=1S/C9H9NO4.Na.H/c1-4-2-5(8(11)12)6(9(13)14)3-7(4)10;;/h2-3H,10H2,1H3,(H,11,12)(H,13,14);;/q;+1;-1. The number of anilines is 1. The first-order chi connectivity index (χ1) is 6.43. The Labute approximate surface area is 110 Å². The number of carbonyl (C=O) groups is 2. The molecule has 1 rings (SSSR count). The Kier molecular flexibility index (Phi) is 4.80. The Morgan fingerprint density at radius 1 is 1.20 bits per heavy atom. The van der Waals surface area contributed by atoms with Crippen LogP contribution in [0.2, 0.25) is 0 Å². The van der Waals surface area contributed by atoms with Crippen molar-refractivity contribution in [3.8, 4) is 0 Å². The molecule has 0 fully saturated rings. The average Bonchev–Trinajstić information content (AvgIpc) is 2.08. The zero-order chi connectivity index (χ0) is 10.9. The SMILES string of the molecule is Cc1cc(C(=O)O)c(C(=O)O)cc1N.[H-].[Na+]. The number of hydrogen-bond acceptors (Lipinski definition) is 3. The summed E-state index contributed by atoms with van der Waals surface area (Å²) in [4.78, 5) is 21.4. The topological polar surface area (TPSA) is 101 Å². The largest absolute Gasteiger partial charge is 1.00 e. The van der Waals surface area contributed by atoms with Crippen LogP contribution in [0.1, 0.15) is 27.7 Å². The number of rotatable bonds is 2. The van der Waals surface area contributed by atoms with Crippen molar-refractivity contribution in [1.82, 2.24) is 0 Å². The molecule has 0 radical (unpaired) electrons. The molecule has 0 aliphatic carbocycles. The molecule has 4 N–H and O–H groups in total. The Morgan fingerprint density at radius 3 is 2.00 bits per heavy atom. The van der Waals surface area contributed by atoms with Gasteiger partial charge in [0.2, 0.25) is 0 Å². The average molecular weight is 219 g/mol. The van der Waals surface area contributed by atoms with E-state index in [4.69, 9.17) is 15.9 Å². The smallest absolute Gasteiger partial charge is 1.00 e. The molecule has 76 valence electrons. The first kappa shape index (κ1) is 14.0. The van der Waals surface area contributed by atoms with Crippen LogP contribution in [0.4, 0.5) is 5.69 Å². The molecular weight excluding hydrogens is 209 g/mol. The Balaban J connectivity index is 0. The predicted molar refractivity (Wildman–Crippen MR) is 50.6 cm³/mol. The van der Waals surface area contributed by atoms with Crippen molar-refractivity contribution in [2.45, 2.75) is 6.92 Å². The van der Waals surface area contributed by atoms with Gasteiger partial charge >= 0.3 is 41.5 Å². The van der Waals surface area contributed by atoms with Crippen molar-refractivity contribution in [3.63, 3.8) is 0 Å². The number of aryl methyl sites for hydroxylation is 1. The second kappa shape index (κ2) is 5.16. The summed E-state index contributed by atoms with van der Waals surface area (Å²) in [6, 6.07) is 2.40. The Bertz CT molecular complexity index is 383. The van der Waals surface area contributed by atoms with Crippen LogP contribution in [-0.4, -0.2) is 22.2 Å². The van der Waals surface area contributed by atoms with Gasteiger partial charge in [-0.2, -0.15) is 0 Å². The molecule has 0 bridgehead atoms. The molecule has 0 heterocycles. The van der Waals surface area contributed by atoms with Crippen LogP contribution in [0.25, 0.3) is 0 Å². The van der Waals surface area contributed by atoms with E-state index in [2.05, 4.69) is 0 Å². The minimum Gasteiger partial charge on any atom is -1.00 e. The summed E-state index contributed by atoms with van der Waals surface area (Å²) in [5, 5.41) is 17.4. The van der Waals surface area contributed by atoms with Gasteiger partial charge < -0.3 is 17.4 Å². The third kappa shape index (κ3) is 2.95. The molecule has 5 nitrogen and oxygen atoms in total. The van der Waals surface area contributed by atoms with Crippen LogP contribution >= 0.6 is 0 Å². The molecule has 0 saturated carbocycles. The van der Waals surface area contributed by atoms with E-state index in [9.17, 15) is 9.59 Å². The molecule has 0 aromatic heterocycles. The van der Waals surface area contributed by atoms with Gasteiger partial charge in [0.15, 0.2) is 0 Å². The summed E-state index contributed by atoms with van der Waals surface area (Å²) in [6.45, 7) is 1.62. The minimum absolute atomic E-state index is 0. The molecule has 0 amide bonds. The maximum absolute atomic E-state index is 10.7. The van der Waals surface area contributed by atoms with E-state index in [1.807, 2.05) is 0 Å². The number of aromatic carboxylic acids is 2. The van der Waals surface area contributed by atoms with Crippen molar-refractivity contribution >= 4 is 17.6 Å². The van der Waals surface area contributed by atoms with E-state index >= 15 is 0 Å². The van der Waals surface area contributed by atoms with Crippen molar-refractivity contribution in [3.05, 3.63) is 28.8 Å². The second-order valence-electron chi connectivity index (χ2n) is 2.86. The number of nitrogens with two attached hydrogens (primary N) is 1. The fraction of sp³-hybridized carbons (Fsp3) is 0.111. The molecule has 0 atom stereocenters. The van der Waals surface area contributed by atoms with Crippen LogP contribution < -0.4 is 35.3 Å². The molecule has 0 spiro atoms. The maximum atomic E-state index is 10.7.